The summed E-state index contributed by atoms with van der Waals surface area (Å²) in [5.41, 5.74) is 3.65. The Morgan fingerprint density at radius 1 is 1.17 bits per heavy atom. The van der Waals surface area contributed by atoms with E-state index in [9.17, 15) is 9.59 Å². The molecule has 1 unspecified atom stereocenters. The standard InChI is InChI=1S/C23H26ClN3O3/c1-4-13-30-21-8-6-5-7-18(21)15-25-27-23(29)20(14-16(2)3)26-22(28)17-9-11-19(24)12-10-17/h4-12,15-16,20H,1,13-14H2,2-3H3,(H,26,28)(H,27,29)/b25-15+. The number of ether oxygens (including phenoxy) is 1. The number of carbonyl (C=O) groups excluding carboxylic acids is 2. The number of halogens is 1. The summed E-state index contributed by atoms with van der Waals surface area (Å²) in [6.45, 7) is 7.95. The highest BCUT2D eigenvalue weighted by molar-refractivity contribution is 6.30. The molecule has 2 N–H and O–H groups in total. The van der Waals surface area contributed by atoms with Gasteiger partial charge in [-0.05, 0) is 48.7 Å². The molecule has 158 valence electrons. The predicted molar refractivity (Wildman–Crippen MR) is 120 cm³/mol. The lowest BCUT2D eigenvalue weighted by Gasteiger charge is -2.19. The van der Waals surface area contributed by atoms with Gasteiger partial charge in [0.25, 0.3) is 11.8 Å². The van der Waals surface area contributed by atoms with Gasteiger partial charge in [-0.2, -0.15) is 5.10 Å². The fourth-order valence-corrected chi connectivity index (χ4v) is 2.78. The molecule has 0 aromatic heterocycles. The first-order chi connectivity index (χ1) is 14.4. The predicted octanol–water partition coefficient (Wildman–Crippen LogP) is 4.20. The fraction of sp³-hybridized carbons (Fsp3) is 0.261. The molecule has 0 saturated carbocycles. The molecular weight excluding hydrogens is 402 g/mol. The lowest BCUT2D eigenvalue weighted by atomic mass is 10.0. The van der Waals surface area contributed by atoms with Crippen LogP contribution in [0.3, 0.4) is 0 Å². The van der Waals surface area contributed by atoms with E-state index < -0.39 is 11.9 Å². The van der Waals surface area contributed by atoms with Crippen molar-refractivity contribution in [2.75, 3.05) is 6.61 Å². The first kappa shape index (κ1) is 23.2. The third kappa shape index (κ3) is 7.37. The lowest BCUT2D eigenvalue weighted by molar-refractivity contribution is -0.123. The normalized spacial score (nSPS) is 11.9. The molecule has 2 rings (SSSR count). The van der Waals surface area contributed by atoms with Crippen molar-refractivity contribution < 1.29 is 14.3 Å². The second kappa shape index (κ2) is 11.8. The smallest absolute Gasteiger partial charge is 0.262 e. The molecule has 7 heteroatoms. The summed E-state index contributed by atoms with van der Waals surface area (Å²) in [4.78, 5) is 25.1. The molecule has 0 aliphatic rings. The summed E-state index contributed by atoms with van der Waals surface area (Å²) in [6.07, 6.45) is 3.62. The maximum atomic E-state index is 12.6. The van der Waals surface area contributed by atoms with E-state index >= 15 is 0 Å². The van der Waals surface area contributed by atoms with E-state index in [1.54, 1.807) is 36.4 Å². The molecule has 0 aliphatic heterocycles. The molecule has 0 aliphatic carbocycles. The van der Waals surface area contributed by atoms with Gasteiger partial charge in [0.05, 0.1) is 6.21 Å². The number of hydrazone groups is 1. The Hall–Kier alpha value is -3.12. The molecule has 2 aromatic carbocycles. The van der Waals surface area contributed by atoms with Crippen molar-refractivity contribution >= 4 is 29.6 Å². The number of hydrogen-bond donors (Lipinski definition) is 2. The van der Waals surface area contributed by atoms with E-state index in [4.69, 9.17) is 16.3 Å². The molecule has 0 saturated heterocycles. The SMILES string of the molecule is C=CCOc1ccccc1/C=N/NC(=O)C(CC(C)C)NC(=O)c1ccc(Cl)cc1. The zero-order chi connectivity index (χ0) is 21.9. The van der Waals surface area contributed by atoms with Crippen LogP contribution in [0.2, 0.25) is 5.02 Å². The number of benzene rings is 2. The molecule has 6 nitrogen and oxygen atoms in total. The lowest BCUT2D eigenvalue weighted by Crippen LogP contribution is -2.46. The van der Waals surface area contributed by atoms with Gasteiger partial charge in [-0.1, -0.05) is 50.2 Å². The van der Waals surface area contributed by atoms with E-state index in [2.05, 4.69) is 22.4 Å². The highest BCUT2D eigenvalue weighted by Gasteiger charge is 2.22. The zero-order valence-corrected chi connectivity index (χ0v) is 17.9. The van der Waals surface area contributed by atoms with E-state index in [0.29, 0.717) is 34.9 Å². The minimum absolute atomic E-state index is 0.197. The van der Waals surface area contributed by atoms with Crippen molar-refractivity contribution in [2.24, 2.45) is 11.0 Å². The molecule has 0 radical (unpaired) electrons. The van der Waals surface area contributed by atoms with Crippen molar-refractivity contribution in [1.29, 1.82) is 0 Å². The van der Waals surface area contributed by atoms with Crippen LogP contribution in [0.1, 0.15) is 36.2 Å². The van der Waals surface area contributed by atoms with Crippen LogP contribution >= 0.6 is 11.6 Å². The van der Waals surface area contributed by atoms with Crippen molar-refractivity contribution in [2.45, 2.75) is 26.3 Å². The molecule has 1 atom stereocenters. The van der Waals surface area contributed by atoms with Crippen LogP contribution in [-0.2, 0) is 4.79 Å². The van der Waals surface area contributed by atoms with E-state index in [1.807, 2.05) is 32.0 Å². The largest absolute Gasteiger partial charge is 0.489 e. The Bertz CT molecular complexity index is 895. The van der Waals surface area contributed by atoms with Crippen molar-refractivity contribution in [1.82, 2.24) is 10.7 Å². The minimum Gasteiger partial charge on any atom is -0.489 e. The molecule has 0 fully saturated rings. The number of para-hydroxylation sites is 1. The van der Waals surface area contributed by atoms with Gasteiger partial charge >= 0.3 is 0 Å². The van der Waals surface area contributed by atoms with Gasteiger partial charge in [0.2, 0.25) is 0 Å². The Kier molecular flexibility index (Phi) is 9.09. The third-order valence-corrected chi connectivity index (χ3v) is 4.34. The maximum absolute atomic E-state index is 12.6. The molecule has 2 amide bonds. The van der Waals surface area contributed by atoms with Crippen molar-refractivity contribution in [3.63, 3.8) is 0 Å². The molecule has 2 aromatic rings. The maximum Gasteiger partial charge on any atom is 0.262 e. The van der Waals surface area contributed by atoms with Crippen LogP contribution in [0.15, 0.2) is 66.3 Å². The second-order valence-electron chi connectivity index (χ2n) is 7.03. The van der Waals surface area contributed by atoms with Gasteiger partial charge < -0.3 is 10.1 Å². The van der Waals surface area contributed by atoms with Crippen LogP contribution < -0.4 is 15.5 Å². The van der Waals surface area contributed by atoms with Crippen molar-refractivity contribution in [3.8, 4) is 5.75 Å². The summed E-state index contributed by atoms with van der Waals surface area (Å²) < 4.78 is 5.57. The summed E-state index contributed by atoms with van der Waals surface area (Å²) in [5.74, 6) is 0.0832. The van der Waals surface area contributed by atoms with Gasteiger partial charge in [0, 0.05) is 16.1 Å². The average molecular weight is 428 g/mol. The second-order valence-corrected chi connectivity index (χ2v) is 7.47. The third-order valence-electron chi connectivity index (χ3n) is 4.09. The number of nitrogens with zero attached hydrogens (tertiary/aromatic N) is 1. The van der Waals surface area contributed by atoms with Crippen LogP contribution in [0.5, 0.6) is 5.75 Å². The zero-order valence-electron chi connectivity index (χ0n) is 17.1. The Labute approximate surface area is 182 Å². The molecule has 0 spiro atoms. The summed E-state index contributed by atoms with van der Waals surface area (Å²) >= 11 is 5.86. The van der Waals surface area contributed by atoms with E-state index in [0.717, 1.165) is 0 Å². The molecular formula is C23H26ClN3O3. The van der Waals surface area contributed by atoms with E-state index in [1.165, 1.54) is 6.21 Å². The van der Waals surface area contributed by atoms with Gasteiger partial charge in [0.1, 0.15) is 18.4 Å². The van der Waals surface area contributed by atoms with Gasteiger partial charge in [-0.3, -0.25) is 9.59 Å². The number of hydrogen-bond acceptors (Lipinski definition) is 4. The summed E-state index contributed by atoms with van der Waals surface area (Å²) in [5, 5.41) is 7.34. The number of amides is 2. The van der Waals surface area contributed by atoms with Crippen LogP contribution in [-0.4, -0.2) is 30.7 Å². The van der Waals surface area contributed by atoms with Gasteiger partial charge in [-0.25, -0.2) is 5.43 Å². The summed E-state index contributed by atoms with van der Waals surface area (Å²) in [7, 11) is 0. The molecule has 30 heavy (non-hydrogen) atoms. The van der Waals surface area contributed by atoms with Crippen LogP contribution in [0, 0.1) is 5.92 Å². The fourth-order valence-electron chi connectivity index (χ4n) is 2.66. The molecule has 0 bridgehead atoms. The number of carbonyl (C=O) groups is 2. The topological polar surface area (TPSA) is 79.8 Å². The molecule has 0 heterocycles. The van der Waals surface area contributed by atoms with Gasteiger partial charge in [-0.15, -0.1) is 0 Å². The summed E-state index contributed by atoms with van der Waals surface area (Å²) in [6, 6.07) is 13.1. The van der Waals surface area contributed by atoms with Crippen LogP contribution in [0.25, 0.3) is 0 Å². The number of nitrogens with one attached hydrogen (secondary N) is 2. The highest BCUT2D eigenvalue weighted by atomic mass is 35.5. The van der Waals surface area contributed by atoms with E-state index in [-0.39, 0.29) is 11.8 Å². The van der Waals surface area contributed by atoms with Gasteiger partial charge in [0.15, 0.2) is 0 Å². The Balaban J connectivity index is 2.04. The average Bonchev–Trinajstić information content (AvgIpc) is 2.72. The first-order valence-corrected chi connectivity index (χ1v) is 10.0. The van der Waals surface area contributed by atoms with Crippen molar-refractivity contribution in [3.05, 3.63) is 77.3 Å². The number of rotatable bonds is 10. The Morgan fingerprint density at radius 2 is 1.87 bits per heavy atom. The minimum atomic E-state index is -0.724. The monoisotopic (exact) mass is 427 g/mol. The quantitative estimate of drug-likeness (QED) is 0.339. The Morgan fingerprint density at radius 3 is 2.53 bits per heavy atom. The van der Waals surface area contributed by atoms with Crippen LogP contribution in [0.4, 0.5) is 0 Å². The highest BCUT2D eigenvalue weighted by Crippen LogP contribution is 2.16. The first-order valence-electron chi connectivity index (χ1n) is 9.62.